The zero-order valence-electron chi connectivity index (χ0n) is 11.5. The van der Waals surface area contributed by atoms with Crippen LogP contribution < -0.4 is 10.1 Å². The number of non-ortho nitro benzene ring substituents is 1. The number of hydrogen-bond acceptors (Lipinski definition) is 6. The van der Waals surface area contributed by atoms with Crippen molar-refractivity contribution in [3.63, 3.8) is 0 Å². The first kappa shape index (κ1) is 13.9. The molecule has 7 nitrogen and oxygen atoms in total. The lowest BCUT2D eigenvalue weighted by Gasteiger charge is -2.06. The van der Waals surface area contributed by atoms with Crippen molar-refractivity contribution in [3.8, 4) is 5.75 Å². The van der Waals surface area contributed by atoms with Crippen molar-refractivity contribution in [1.29, 1.82) is 0 Å². The molecule has 1 N–H and O–H groups in total. The molecule has 0 saturated heterocycles. The van der Waals surface area contributed by atoms with Crippen LogP contribution in [-0.4, -0.2) is 17.0 Å². The van der Waals surface area contributed by atoms with E-state index in [-0.39, 0.29) is 5.69 Å². The topological polar surface area (TPSA) is 90.4 Å². The first-order chi connectivity index (χ1) is 9.49. The summed E-state index contributed by atoms with van der Waals surface area (Å²) in [6.07, 6.45) is 0. The molecule has 0 unspecified atom stereocenters. The van der Waals surface area contributed by atoms with E-state index in [4.69, 9.17) is 9.15 Å². The molecule has 2 rings (SSSR count). The number of methoxy groups -OCH3 is 1. The Bertz CT molecular complexity index is 617. The van der Waals surface area contributed by atoms with Gasteiger partial charge in [-0.1, -0.05) is 0 Å². The van der Waals surface area contributed by atoms with Crippen LogP contribution in [-0.2, 0) is 6.54 Å². The highest BCUT2D eigenvalue weighted by Gasteiger charge is 2.11. The van der Waals surface area contributed by atoms with Crippen LogP contribution in [0.3, 0.4) is 0 Å². The summed E-state index contributed by atoms with van der Waals surface area (Å²) in [4.78, 5) is 14.6. The van der Waals surface area contributed by atoms with Gasteiger partial charge in [0, 0.05) is 17.8 Å². The fraction of sp³-hybridized carbons (Fsp3) is 0.308. The van der Waals surface area contributed by atoms with E-state index in [0.717, 1.165) is 11.5 Å². The van der Waals surface area contributed by atoms with Crippen molar-refractivity contribution < 1.29 is 14.1 Å². The van der Waals surface area contributed by atoms with Crippen molar-refractivity contribution in [3.05, 3.63) is 45.7 Å². The zero-order valence-corrected chi connectivity index (χ0v) is 11.5. The highest BCUT2D eigenvalue weighted by atomic mass is 16.6. The second-order valence-corrected chi connectivity index (χ2v) is 4.28. The minimum atomic E-state index is -0.465. The lowest BCUT2D eigenvalue weighted by atomic mass is 10.2. The lowest BCUT2D eigenvalue weighted by molar-refractivity contribution is -0.384. The molecule has 1 aromatic carbocycles. The maximum Gasteiger partial charge on any atom is 0.275 e. The number of nitrogens with zero attached hydrogens (tertiary/aromatic N) is 2. The van der Waals surface area contributed by atoms with Crippen molar-refractivity contribution in [1.82, 2.24) is 4.98 Å². The minimum Gasteiger partial charge on any atom is -0.496 e. The fourth-order valence-corrected chi connectivity index (χ4v) is 1.70. The fourth-order valence-electron chi connectivity index (χ4n) is 1.70. The molecule has 2 aromatic rings. The van der Waals surface area contributed by atoms with Gasteiger partial charge < -0.3 is 14.5 Å². The Hall–Kier alpha value is -2.57. The average molecular weight is 277 g/mol. The number of benzene rings is 1. The standard InChI is InChI=1S/C13H15N3O4/c1-8-9(2)20-13(15-8)7-14-10-4-11(16(17)18)6-12(5-10)19-3/h4-6,14H,7H2,1-3H3. The Kier molecular flexibility index (Phi) is 3.88. The number of nitrogens with one attached hydrogen (secondary N) is 1. The van der Waals surface area contributed by atoms with Crippen LogP contribution in [0.2, 0.25) is 0 Å². The predicted molar refractivity (Wildman–Crippen MR) is 73.0 cm³/mol. The summed E-state index contributed by atoms with van der Waals surface area (Å²) in [5.41, 5.74) is 1.37. The van der Waals surface area contributed by atoms with E-state index in [1.165, 1.54) is 19.2 Å². The summed E-state index contributed by atoms with van der Waals surface area (Å²) >= 11 is 0. The average Bonchev–Trinajstić information content (AvgIpc) is 2.75. The number of anilines is 1. The summed E-state index contributed by atoms with van der Waals surface area (Å²) in [5, 5.41) is 13.9. The normalized spacial score (nSPS) is 10.3. The number of nitro benzene ring substituents is 1. The minimum absolute atomic E-state index is 0.0355. The van der Waals surface area contributed by atoms with Gasteiger partial charge in [0.15, 0.2) is 0 Å². The summed E-state index contributed by atoms with van der Waals surface area (Å²) in [6, 6.07) is 4.48. The van der Waals surface area contributed by atoms with Crippen LogP contribution in [0.25, 0.3) is 0 Å². The SMILES string of the molecule is COc1cc(NCc2nc(C)c(C)o2)cc([N+](=O)[O-])c1. The number of nitro groups is 1. The van der Waals surface area contributed by atoms with E-state index in [2.05, 4.69) is 10.3 Å². The summed E-state index contributed by atoms with van der Waals surface area (Å²) < 4.78 is 10.5. The van der Waals surface area contributed by atoms with Gasteiger partial charge in [-0.05, 0) is 13.8 Å². The summed E-state index contributed by atoms with van der Waals surface area (Å²) in [6.45, 7) is 4.04. The van der Waals surface area contributed by atoms with Gasteiger partial charge in [0.05, 0.1) is 30.3 Å². The monoisotopic (exact) mass is 277 g/mol. The smallest absolute Gasteiger partial charge is 0.275 e. The van der Waals surface area contributed by atoms with E-state index >= 15 is 0 Å². The molecule has 0 spiro atoms. The first-order valence-electron chi connectivity index (χ1n) is 6.00. The summed E-state index contributed by atoms with van der Waals surface area (Å²) in [7, 11) is 1.46. The van der Waals surface area contributed by atoms with E-state index < -0.39 is 4.92 Å². The third-order valence-corrected chi connectivity index (χ3v) is 2.85. The van der Waals surface area contributed by atoms with E-state index in [1.54, 1.807) is 6.07 Å². The Morgan fingerprint density at radius 2 is 2.15 bits per heavy atom. The van der Waals surface area contributed by atoms with Crippen LogP contribution in [0, 0.1) is 24.0 Å². The van der Waals surface area contributed by atoms with Gasteiger partial charge >= 0.3 is 0 Å². The molecule has 20 heavy (non-hydrogen) atoms. The van der Waals surface area contributed by atoms with Crippen molar-refractivity contribution >= 4 is 11.4 Å². The van der Waals surface area contributed by atoms with Gasteiger partial charge in [-0.2, -0.15) is 0 Å². The van der Waals surface area contributed by atoms with Gasteiger partial charge in [0.25, 0.3) is 5.69 Å². The second-order valence-electron chi connectivity index (χ2n) is 4.28. The van der Waals surface area contributed by atoms with Crippen LogP contribution in [0.5, 0.6) is 5.75 Å². The van der Waals surface area contributed by atoms with Gasteiger partial charge in [0.2, 0.25) is 5.89 Å². The number of aryl methyl sites for hydroxylation is 2. The molecule has 1 aromatic heterocycles. The number of ether oxygens (including phenoxy) is 1. The highest BCUT2D eigenvalue weighted by Crippen LogP contribution is 2.26. The van der Waals surface area contributed by atoms with E-state index in [0.29, 0.717) is 23.9 Å². The maximum absolute atomic E-state index is 10.8. The molecule has 1 heterocycles. The number of oxazole rings is 1. The molecular formula is C13H15N3O4. The quantitative estimate of drug-likeness (QED) is 0.667. The van der Waals surface area contributed by atoms with Crippen molar-refractivity contribution in [2.45, 2.75) is 20.4 Å². The van der Waals surface area contributed by atoms with Crippen LogP contribution in [0.4, 0.5) is 11.4 Å². The van der Waals surface area contributed by atoms with Crippen molar-refractivity contribution in [2.24, 2.45) is 0 Å². The van der Waals surface area contributed by atoms with E-state index in [9.17, 15) is 10.1 Å². The molecule has 0 saturated carbocycles. The predicted octanol–water partition coefficient (Wildman–Crippen LogP) is 2.82. The molecule has 0 aliphatic rings. The molecule has 7 heteroatoms. The first-order valence-corrected chi connectivity index (χ1v) is 6.00. The molecule has 0 bridgehead atoms. The van der Waals surface area contributed by atoms with Gasteiger partial charge in [-0.15, -0.1) is 0 Å². The molecule has 0 fully saturated rings. The van der Waals surface area contributed by atoms with Crippen LogP contribution >= 0.6 is 0 Å². The van der Waals surface area contributed by atoms with Gasteiger partial charge in [0.1, 0.15) is 11.5 Å². The third kappa shape index (κ3) is 3.05. The Morgan fingerprint density at radius 3 is 2.70 bits per heavy atom. The van der Waals surface area contributed by atoms with Crippen LogP contribution in [0.15, 0.2) is 22.6 Å². The number of hydrogen-bond donors (Lipinski definition) is 1. The Balaban J connectivity index is 2.16. The molecule has 0 aliphatic carbocycles. The van der Waals surface area contributed by atoms with Gasteiger partial charge in [-0.3, -0.25) is 10.1 Å². The third-order valence-electron chi connectivity index (χ3n) is 2.85. The molecule has 0 radical (unpaired) electrons. The Morgan fingerprint density at radius 1 is 1.40 bits per heavy atom. The number of aromatic nitrogens is 1. The Labute approximate surface area is 115 Å². The molecule has 0 atom stereocenters. The zero-order chi connectivity index (χ0) is 14.7. The summed E-state index contributed by atoms with van der Waals surface area (Å²) in [5.74, 6) is 1.71. The van der Waals surface area contributed by atoms with Crippen molar-refractivity contribution in [2.75, 3.05) is 12.4 Å². The highest BCUT2D eigenvalue weighted by molar-refractivity contribution is 5.56. The molecular weight excluding hydrogens is 262 g/mol. The van der Waals surface area contributed by atoms with E-state index in [1.807, 2.05) is 13.8 Å². The maximum atomic E-state index is 10.8. The largest absolute Gasteiger partial charge is 0.496 e. The lowest BCUT2D eigenvalue weighted by Crippen LogP contribution is -2.01. The molecule has 0 aliphatic heterocycles. The molecule has 106 valence electrons. The van der Waals surface area contributed by atoms with Crippen LogP contribution in [0.1, 0.15) is 17.3 Å². The number of rotatable bonds is 5. The second kappa shape index (κ2) is 5.60. The molecule has 0 amide bonds. The van der Waals surface area contributed by atoms with Gasteiger partial charge in [-0.25, -0.2) is 4.98 Å².